The summed E-state index contributed by atoms with van der Waals surface area (Å²) in [5.41, 5.74) is 0. The van der Waals surface area contributed by atoms with E-state index in [9.17, 15) is 21.6 Å². The topological polar surface area (TPSA) is 127 Å². The fraction of sp³-hybridized carbons (Fsp3) is 0.364. The van der Waals surface area contributed by atoms with Crippen LogP contribution in [0.25, 0.3) is 0 Å². The molecular weight excluding hydrogens is 322 g/mol. The van der Waals surface area contributed by atoms with Gasteiger partial charge in [-0.3, -0.25) is 4.79 Å². The maximum atomic E-state index is 12.0. The van der Waals surface area contributed by atoms with Crippen LogP contribution in [0.2, 0.25) is 0 Å². The molecule has 0 aliphatic rings. The first kappa shape index (κ1) is 17.6. The van der Waals surface area contributed by atoms with Gasteiger partial charge in [0, 0.05) is 6.26 Å². The van der Waals surface area contributed by atoms with Gasteiger partial charge in [0.05, 0.1) is 23.5 Å². The van der Waals surface area contributed by atoms with Crippen LogP contribution in [0.15, 0.2) is 34.1 Å². The average Bonchev–Trinajstić information content (AvgIpc) is 2.43. The highest BCUT2D eigenvalue weighted by molar-refractivity contribution is 7.90. The molecule has 0 bridgehead atoms. The van der Waals surface area contributed by atoms with E-state index in [1.54, 1.807) is 0 Å². The van der Waals surface area contributed by atoms with Gasteiger partial charge in [-0.25, -0.2) is 16.8 Å². The molecule has 0 saturated heterocycles. The standard InChI is InChI=1S/C11H15NO7S2/c1-19-11(14)10(7-13)12-21(17,18)9-5-3-8(4-6-9)20(2,15)16/h3-6,10,12-13H,7H2,1-2H3. The van der Waals surface area contributed by atoms with Gasteiger partial charge in [-0.15, -0.1) is 0 Å². The van der Waals surface area contributed by atoms with Crippen LogP contribution in [-0.4, -0.2) is 53.9 Å². The van der Waals surface area contributed by atoms with Gasteiger partial charge in [0.15, 0.2) is 9.84 Å². The molecule has 1 rings (SSSR count). The minimum atomic E-state index is -4.09. The van der Waals surface area contributed by atoms with E-state index < -0.39 is 38.5 Å². The molecule has 1 atom stereocenters. The highest BCUT2D eigenvalue weighted by atomic mass is 32.2. The summed E-state index contributed by atoms with van der Waals surface area (Å²) in [6.45, 7) is -0.771. The molecular formula is C11H15NO7S2. The van der Waals surface area contributed by atoms with Crippen LogP contribution in [0.5, 0.6) is 0 Å². The number of aliphatic hydroxyl groups excluding tert-OH is 1. The number of benzene rings is 1. The van der Waals surface area contributed by atoms with Gasteiger partial charge in [0.1, 0.15) is 6.04 Å². The minimum Gasteiger partial charge on any atom is -0.468 e. The van der Waals surface area contributed by atoms with Crippen molar-refractivity contribution in [3.8, 4) is 0 Å². The molecule has 0 spiro atoms. The van der Waals surface area contributed by atoms with Gasteiger partial charge in [0.2, 0.25) is 10.0 Å². The lowest BCUT2D eigenvalue weighted by Gasteiger charge is -2.14. The maximum absolute atomic E-state index is 12.0. The first-order valence-electron chi connectivity index (χ1n) is 5.63. The van der Waals surface area contributed by atoms with Crippen molar-refractivity contribution in [1.82, 2.24) is 4.72 Å². The normalized spacial score (nSPS) is 13.7. The van der Waals surface area contributed by atoms with Gasteiger partial charge in [-0.2, -0.15) is 4.72 Å². The fourth-order valence-electron chi connectivity index (χ4n) is 1.42. The summed E-state index contributed by atoms with van der Waals surface area (Å²) in [7, 11) is -6.48. The number of hydrogen-bond donors (Lipinski definition) is 2. The van der Waals surface area contributed by atoms with Gasteiger partial charge >= 0.3 is 5.97 Å². The third kappa shape index (κ3) is 4.49. The minimum absolute atomic E-state index is 0.0341. The van der Waals surface area contributed by atoms with Crippen LogP contribution in [0, 0.1) is 0 Å². The van der Waals surface area contributed by atoms with Crippen LogP contribution >= 0.6 is 0 Å². The Morgan fingerprint density at radius 2 is 1.67 bits per heavy atom. The molecule has 10 heteroatoms. The Labute approximate surface area is 122 Å². The van der Waals surface area contributed by atoms with E-state index in [2.05, 4.69) is 4.74 Å². The van der Waals surface area contributed by atoms with Gasteiger partial charge in [0.25, 0.3) is 0 Å². The largest absolute Gasteiger partial charge is 0.468 e. The number of sulfone groups is 1. The number of esters is 1. The first-order chi connectivity index (χ1) is 9.61. The number of carbonyl (C=O) groups excluding carboxylic acids is 1. The van der Waals surface area contributed by atoms with E-state index in [0.717, 1.165) is 37.6 Å². The van der Waals surface area contributed by atoms with Gasteiger partial charge in [-0.1, -0.05) is 0 Å². The third-order valence-electron chi connectivity index (χ3n) is 2.53. The monoisotopic (exact) mass is 337 g/mol. The van der Waals surface area contributed by atoms with Crippen LogP contribution in [0.4, 0.5) is 0 Å². The predicted molar refractivity (Wildman–Crippen MR) is 72.8 cm³/mol. The fourth-order valence-corrected chi connectivity index (χ4v) is 3.23. The van der Waals surface area contributed by atoms with Crippen molar-refractivity contribution in [2.75, 3.05) is 20.0 Å². The molecule has 21 heavy (non-hydrogen) atoms. The van der Waals surface area contributed by atoms with Crippen LogP contribution in [0.3, 0.4) is 0 Å². The van der Waals surface area contributed by atoms with E-state index in [1.807, 2.05) is 4.72 Å². The molecule has 1 unspecified atom stereocenters. The van der Waals surface area contributed by atoms with Crippen LogP contribution in [-0.2, 0) is 29.4 Å². The van der Waals surface area contributed by atoms with Gasteiger partial charge < -0.3 is 9.84 Å². The summed E-state index contributed by atoms with van der Waals surface area (Å²) < 4.78 is 52.9. The molecule has 1 aromatic rings. The van der Waals surface area contributed by atoms with E-state index in [-0.39, 0.29) is 9.79 Å². The highest BCUT2D eigenvalue weighted by Gasteiger charge is 2.26. The lowest BCUT2D eigenvalue weighted by Crippen LogP contribution is -2.43. The van der Waals surface area contributed by atoms with Crippen molar-refractivity contribution in [1.29, 1.82) is 0 Å². The molecule has 0 amide bonds. The van der Waals surface area contributed by atoms with E-state index in [4.69, 9.17) is 5.11 Å². The number of sulfonamides is 1. The van der Waals surface area contributed by atoms with Crippen molar-refractivity contribution < 1.29 is 31.5 Å². The lowest BCUT2D eigenvalue weighted by atomic mass is 10.3. The van der Waals surface area contributed by atoms with Crippen molar-refractivity contribution in [2.45, 2.75) is 15.8 Å². The van der Waals surface area contributed by atoms with Crippen LogP contribution < -0.4 is 4.72 Å². The molecule has 0 aromatic heterocycles. The molecule has 1 aromatic carbocycles. The number of carbonyl (C=O) groups is 1. The molecule has 0 heterocycles. The maximum Gasteiger partial charge on any atom is 0.326 e. The Morgan fingerprint density at radius 3 is 2.05 bits per heavy atom. The van der Waals surface area contributed by atoms with E-state index >= 15 is 0 Å². The Hall–Kier alpha value is -1.49. The third-order valence-corrected chi connectivity index (χ3v) is 5.14. The number of ether oxygens (including phenoxy) is 1. The second kappa shape index (κ2) is 6.52. The Bertz CT molecular complexity index is 707. The zero-order chi connectivity index (χ0) is 16.3. The molecule has 8 nitrogen and oxygen atoms in total. The number of hydrogen-bond acceptors (Lipinski definition) is 7. The second-order valence-corrected chi connectivity index (χ2v) is 7.85. The van der Waals surface area contributed by atoms with Crippen molar-refractivity contribution >= 4 is 25.8 Å². The zero-order valence-electron chi connectivity index (χ0n) is 11.3. The summed E-state index contributed by atoms with van der Waals surface area (Å²) in [4.78, 5) is 11.0. The SMILES string of the molecule is COC(=O)C(CO)NS(=O)(=O)c1ccc(S(C)(=O)=O)cc1. The van der Waals surface area contributed by atoms with Crippen LogP contribution in [0.1, 0.15) is 0 Å². The summed E-state index contributed by atoms with van der Waals surface area (Å²) in [6.07, 6.45) is 0.994. The first-order valence-corrected chi connectivity index (χ1v) is 9.00. The molecule has 0 radical (unpaired) electrons. The number of methoxy groups -OCH3 is 1. The molecule has 0 fully saturated rings. The highest BCUT2D eigenvalue weighted by Crippen LogP contribution is 2.14. The molecule has 118 valence electrons. The summed E-state index contributed by atoms with van der Waals surface area (Å²) in [6, 6.07) is 3.01. The molecule has 2 N–H and O–H groups in total. The summed E-state index contributed by atoms with van der Waals surface area (Å²) in [5, 5.41) is 8.98. The zero-order valence-corrected chi connectivity index (χ0v) is 12.9. The Morgan fingerprint density at radius 1 is 1.19 bits per heavy atom. The molecule has 0 aliphatic carbocycles. The molecule has 0 aliphatic heterocycles. The lowest BCUT2D eigenvalue weighted by molar-refractivity contribution is -0.143. The van der Waals surface area contributed by atoms with Crippen molar-refractivity contribution in [3.05, 3.63) is 24.3 Å². The number of aliphatic hydroxyl groups is 1. The van der Waals surface area contributed by atoms with E-state index in [0.29, 0.717) is 0 Å². The summed E-state index contributed by atoms with van der Waals surface area (Å²) >= 11 is 0. The van der Waals surface area contributed by atoms with Gasteiger partial charge in [-0.05, 0) is 24.3 Å². The smallest absolute Gasteiger partial charge is 0.326 e. The van der Waals surface area contributed by atoms with Crippen molar-refractivity contribution in [2.24, 2.45) is 0 Å². The van der Waals surface area contributed by atoms with E-state index in [1.165, 1.54) is 0 Å². The average molecular weight is 337 g/mol. The Kier molecular flexibility index (Phi) is 5.45. The number of rotatable bonds is 6. The predicted octanol–water partition coefficient (Wildman–Crippen LogP) is -1.10. The second-order valence-electron chi connectivity index (χ2n) is 4.12. The van der Waals surface area contributed by atoms with Crippen molar-refractivity contribution in [3.63, 3.8) is 0 Å². The quantitative estimate of drug-likeness (QED) is 0.631. The number of nitrogens with one attached hydrogen (secondary N) is 1. The summed E-state index contributed by atoms with van der Waals surface area (Å²) in [5.74, 6) is -0.936. The molecule has 0 saturated carbocycles. The Balaban J connectivity index is 3.06.